The summed E-state index contributed by atoms with van der Waals surface area (Å²) >= 11 is 0. The van der Waals surface area contributed by atoms with Crippen LogP contribution >= 0.6 is 0 Å². The number of rotatable bonds is 3. The summed E-state index contributed by atoms with van der Waals surface area (Å²) in [6, 6.07) is 8.34. The smallest absolute Gasteiger partial charge is 0.318 e. The number of carbonyl (C=O) groups excluding carboxylic acids is 1. The summed E-state index contributed by atoms with van der Waals surface area (Å²) in [6.45, 7) is 1.45. The molecule has 2 aliphatic rings. The van der Waals surface area contributed by atoms with Gasteiger partial charge in [-0.3, -0.25) is 4.68 Å². The zero-order chi connectivity index (χ0) is 18.0. The standard InChI is InChI=1S/C21H28N4O/c1-24-16-18(15-23-24)19-9-4-3-8-17(19)14-22-20(26)25-13-7-12-21(25)10-5-2-6-11-21/h3-4,8-9,15-16H,2,5-7,10-14H2,1H3,(H,22,26). The summed E-state index contributed by atoms with van der Waals surface area (Å²) < 4.78 is 1.81. The number of likely N-dealkylation sites (tertiary alicyclic amines) is 1. The van der Waals surface area contributed by atoms with Gasteiger partial charge in [0.15, 0.2) is 0 Å². The van der Waals surface area contributed by atoms with Gasteiger partial charge < -0.3 is 10.2 Å². The molecule has 26 heavy (non-hydrogen) atoms. The Balaban J connectivity index is 1.47. The molecule has 1 aromatic heterocycles. The quantitative estimate of drug-likeness (QED) is 0.904. The molecule has 2 heterocycles. The highest BCUT2D eigenvalue weighted by molar-refractivity contribution is 5.76. The third-order valence-corrected chi connectivity index (χ3v) is 6.09. The van der Waals surface area contributed by atoms with E-state index in [2.05, 4.69) is 27.4 Å². The van der Waals surface area contributed by atoms with E-state index < -0.39 is 0 Å². The van der Waals surface area contributed by atoms with Gasteiger partial charge in [-0.15, -0.1) is 0 Å². The number of aryl methyl sites for hydroxylation is 1. The third-order valence-electron chi connectivity index (χ3n) is 6.09. The second-order valence-electron chi connectivity index (χ2n) is 7.76. The van der Waals surface area contributed by atoms with E-state index in [4.69, 9.17) is 0 Å². The first-order valence-electron chi connectivity index (χ1n) is 9.80. The van der Waals surface area contributed by atoms with Crippen LogP contribution in [0.4, 0.5) is 4.79 Å². The van der Waals surface area contributed by atoms with Crippen molar-refractivity contribution in [3.8, 4) is 11.1 Å². The van der Waals surface area contributed by atoms with Gasteiger partial charge in [0, 0.05) is 37.4 Å². The molecule has 0 radical (unpaired) electrons. The molecule has 5 heteroatoms. The average molecular weight is 352 g/mol. The van der Waals surface area contributed by atoms with Gasteiger partial charge >= 0.3 is 6.03 Å². The molecule has 2 amide bonds. The van der Waals surface area contributed by atoms with Gasteiger partial charge in [-0.05, 0) is 36.8 Å². The fraction of sp³-hybridized carbons (Fsp3) is 0.524. The zero-order valence-corrected chi connectivity index (χ0v) is 15.6. The minimum atomic E-state index is 0.102. The van der Waals surface area contributed by atoms with Crippen LogP contribution < -0.4 is 5.32 Å². The predicted octanol–water partition coefficient (Wildman–Crippen LogP) is 4.10. The number of aromatic nitrogens is 2. The minimum Gasteiger partial charge on any atom is -0.334 e. The van der Waals surface area contributed by atoms with E-state index in [9.17, 15) is 4.79 Å². The van der Waals surface area contributed by atoms with Gasteiger partial charge in [-0.1, -0.05) is 43.5 Å². The van der Waals surface area contributed by atoms with Crippen LogP contribution in [0.5, 0.6) is 0 Å². The minimum absolute atomic E-state index is 0.102. The van der Waals surface area contributed by atoms with E-state index in [1.165, 1.54) is 38.5 Å². The largest absolute Gasteiger partial charge is 0.334 e. The number of nitrogens with zero attached hydrogens (tertiary/aromatic N) is 3. The Labute approximate surface area is 155 Å². The molecule has 1 spiro atoms. The van der Waals surface area contributed by atoms with Crippen LogP contribution in [0.3, 0.4) is 0 Å². The first-order valence-corrected chi connectivity index (χ1v) is 9.80. The lowest BCUT2D eigenvalue weighted by molar-refractivity contribution is 0.112. The number of carbonyl (C=O) groups is 1. The van der Waals surface area contributed by atoms with E-state index in [-0.39, 0.29) is 11.6 Å². The lowest BCUT2D eigenvalue weighted by Gasteiger charge is -2.41. The van der Waals surface area contributed by atoms with Gasteiger partial charge in [0.05, 0.1) is 6.20 Å². The van der Waals surface area contributed by atoms with Gasteiger partial charge in [0.2, 0.25) is 0 Å². The van der Waals surface area contributed by atoms with Gasteiger partial charge in [0.1, 0.15) is 0 Å². The van der Waals surface area contributed by atoms with E-state index in [0.717, 1.165) is 29.7 Å². The number of hydrogen-bond acceptors (Lipinski definition) is 2. The average Bonchev–Trinajstić information content (AvgIpc) is 3.27. The first kappa shape index (κ1) is 17.1. The molecule has 0 atom stereocenters. The lowest BCUT2D eigenvalue weighted by atomic mass is 9.80. The number of urea groups is 1. The highest BCUT2D eigenvalue weighted by Gasteiger charge is 2.43. The highest BCUT2D eigenvalue weighted by atomic mass is 16.2. The third kappa shape index (κ3) is 3.22. The number of nitrogens with one attached hydrogen (secondary N) is 1. The SMILES string of the molecule is Cn1cc(-c2ccccc2CNC(=O)N2CCCC23CCCCC3)cn1. The van der Waals surface area contributed by atoms with Crippen LogP contribution in [0.25, 0.3) is 11.1 Å². The summed E-state index contributed by atoms with van der Waals surface area (Å²) in [4.78, 5) is 15.1. The van der Waals surface area contributed by atoms with E-state index in [1.54, 1.807) is 0 Å². The maximum atomic E-state index is 12.9. The Hall–Kier alpha value is -2.30. The summed E-state index contributed by atoms with van der Waals surface area (Å²) in [7, 11) is 1.92. The van der Waals surface area contributed by atoms with Crippen LogP contribution in [-0.2, 0) is 13.6 Å². The van der Waals surface area contributed by atoms with Crippen molar-refractivity contribution in [1.82, 2.24) is 20.0 Å². The van der Waals surface area contributed by atoms with E-state index in [0.29, 0.717) is 6.54 Å². The van der Waals surface area contributed by atoms with Gasteiger partial charge in [0.25, 0.3) is 0 Å². The molecule has 4 rings (SSSR count). The maximum Gasteiger partial charge on any atom is 0.318 e. The maximum absolute atomic E-state index is 12.9. The fourth-order valence-electron chi connectivity index (χ4n) is 4.77. The molecule has 1 N–H and O–H groups in total. The predicted molar refractivity (Wildman–Crippen MR) is 103 cm³/mol. The van der Waals surface area contributed by atoms with Crippen molar-refractivity contribution in [2.45, 2.75) is 57.0 Å². The van der Waals surface area contributed by atoms with Crippen molar-refractivity contribution >= 4 is 6.03 Å². The van der Waals surface area contributed by atoms with Crippen molar-refractivity contribution in [3.63, 3.8) is 0 Å². The molecule has 5 nitrogen and oxygen atoms in total. The van der Waals surface area contributed by atoms with Crippen molar-refractivity contribution in [3.05, 3.63) is 42.2 Å². The van der Waals surface area contributed by atoms with E-state index in [1.807, 2.05) is 36.3 Å². The second kappa shape index (κ2) is 7.14. The van der Waals surface area contributed by atoms with Gasteiger partial charge in [-0.2, -0.15) is 5.10 Å². The molecular weight excluding hydrogens is 324 g/mol. The normalized spacial score (nSPS) is 19.0. The Morgan fingerprint density at radius 3 is 2.69 bits per heavy atom. The number of amides is 2. The number of hydrogen-bond donors (Lipinski definition) is 1. The molecule has 1 saturated heterocycles. The van der Waals surface area contributed by atoms with Crippen LogP contribution in [0.1, 0.15) is 50.5 Å². The lowest BCUT2D eigenvalue weighted by Crippen LogP contribution is -2.52. The van der Waals surface area contributed by atoms with Crippen molar-refractivity contribution in [1.29, 1.82) is 0 Å². The Morgan fingerprint density at radius 1 is 1.15 bits per heavy atom. The van der Waals surface area contributed by atoms with Crippen LogP contribution in [0.2, 0.25) is 0 Å². The molecule has 1 saturated carbocycles. The summed E-state index contributed by atoms with van der Waals surface area (Å²) in [6.07, 6.45) is 12.4. The van der Waals surface area contributed by atoms with Crippen LogP contribution in [-0.4, -0.2) is 32.8 Å². The molecule has 0 bridgehead atoms. The van der Waals surface area contributed by atoms with Crippen molar-refractivity contribution in [2.24, 2.45) is 7.05 Å². The molecule has 2 fully saturated rings. The van der Waals surface area contributed by atoms with Crippen molar-refractivity contribution in [2.75, 3.05) is 6.54 Å². The molecule has 1 aromatic carbocycles. The molecule has 138 valence electrons. The summed E-state index contributed by atoms with van der Waals surface area (Å²) in [5.74, 6) is 0. The highest BCUT2D eigenvalue weighted by Crippen LogP contribution is 2.41. The summed E-state index contributed by atoms with van der Waals surface area (Å²) in [5.41, 5.74) is 3.48. The fourth-order valence-corrected chi connectivity index (χ4v) is 4.77. The Bertz CT molecular complexity index is 776. The Morgan fingerprint density at radius 2 is 1.92 bits per heavy atom. The molecule has 1 aliphatic carbocycles. The first-order chi connectivity index (χ1) is 12.7. The second-order valence-corrected chi connectivity index (χ2v) is 7.76. The zero-order valence-electron chi connectivity index (χ0n) is 15.6. The molecular formula is C21H28N4O. The number of benzene rings is 1. The van der Waals surface area contributed by atoms with Crippen LogP contribution in [0, 0.1) is 0 Å². The molecule has 0 unspecified atom stereocenters. The monoisotopic (exact) mass is 352 g/mol. The summed E-state index contributed by atoms with van der Waals surface area (Å²) in [5, 5.41) is 7.46. The molecule has 1 aliphatic heterocycles. The van der Waals surface area contributed by atoms with E-state index >= 15 is 0 Å². The van der Waals surface area contributed by atoms with Gasteiger partial charge in [-0.25, -0.2) is 4.79 Å². The molecule has 2 aromatic rings. The Kier molecular flexibility index (Phi) is 4.70. The van der Waals surface area contributed by atoms with Crippen LogP contribution in [0.15, 0.2) is 36.7 Å². The van der Waals surface area contributed by atoms with Crippen molar-refractivity contribution < 1.29 is 4.79 Å². The topological polar surface area (TPSA) is 50.2 Å².